The topological polar surface area (TPSA) is 26.2 Å². The van der Waals surface area contributed by atoms with Crippen LogP contribution in [0.15, 0.2) is 41.0 Å². The summed E-state index contributed by atoms with van der Waals surface area (Å²) in [6, 6.07) is 11.0. The molecule has 2 rings (SSSR count). The van der Waals surface area contributed by atoms with Crippen molar-refractivity contribution in [1.82, 2.24) is 9.88 Å². The van der Waals surface area contributed by atoms with Crippen molar-refractivity contribution in [3.63, 3.8) is 0 Å². The standard InChI is InChI=1S/C16H21BrN2O/c1-12(2)18-10-14-5-4-8-19(14)11-13-6-7-16(20-3)15(17)9-13/h4-9,12,18H,10-11H2,1-3H3. The number of nitrogens with one attached hydrogen (secondary N) is 1. The Labute approximate surface area is 129 Å². The van der Waals surface area contributed by atoms with Gasteiger partial charge in [-0.25, -0.2) is 0 Å². The van der Waals surface area contributed by atoms with Crippen LogP contribution in [-0.2, 0) is 13.1 Å². The van der Waals surface area contributed by atoms with Crippen LogP contribution in [0.2, 0.25) is 0 Å². The normalized spacial score (nSPS) is 11.1. The van der Waals surface area contributed by atoms with E-state index in [1.807, 2.05) is 6.07 Å². The first-order valence-electron chi connectivity index (χ1n) is 6.80. The highest BCUT2D eigenvalue weighted by atomic mass is 79.9. The monoisotopic (exact) mass is 336 g/mol. The van der Waals surface area contributed by atoms with Crippen molar-refractivity contribution in [2.24, 2.45) is 0 Å². The molecule has 0 amide bonds. The average molecular weight is 337 g/mol. The summed E-state index contributed by atoms with van der Waals surface area (Å²) in [6.45, 7) is 6.08. The van der Waals surface area contributed by atoms with Gasteiger partial charge in [0, 0.05) is 31.0 Å². The maximum absolute atomic E-state index is 5.26. The van der Waals surface area contributed by atoms with Gasteiger partial charge in [-0.2, -0.15) is 0 Å². The minimum atomic E-state index is 0.494. The first-order chi connectivity index (χ1) is 9.60. The number of nitrogens with zero attached hydrogens (tertiary/aromatic N) is 1. The molecule has 1 aromatic carbocycles. The van der Waals surface area contributed by atoms with Gasteiger partial charge in [-0.1, -0.05) is 19.9 Å². The van der Waals surface area contributed by atoms with Crippen LogP contribution in [-0.4, -0.2) is 17.7 Å². The number of halogens is 1. The second kappa shape index (κ2) is 6.95. The summed E-state index contributed by atoms with van der Waals surface area (Å²) in [6.07, 6.45) is 2.12. The van der Waals surface area contributed by atoms with Crippen molar-refractivity contribution in [1.29, 1.82) is 0 Å². The van der Waals surface area contributed by atoms with Gasteiger partial charge in [0.25, 0.3) is 0 Å². The summed E-state index contributed by atoms with van der Waals surface area (Å²) in [7, 11) is 1.68. The number of benzene rings is 1. The zero-order chi connectivity index (χ0) is 14.5. The number of ether oxygens (including phenoxy) is 1. The number of rotatable bonds is 6. The van der Waals surface area contributed by atoms with Crippen LogP contribution >= 0.6 is 15.9 Å². The Hall–Kier alpha value is -1.26. The van der Waals surface area contributed by atoms with Gasteiger partial charge in [0.1, 0.15) is 5.75 Å². The summed E-state index contributed by atoms with van der Waals surface area (Å²) in [5.41, 5.74) is 2.55. The number of aromatic nitrogens is 1. The lowest BCUT2D eigenvalue weighted by Gasteiger charge is -2.13. The summed E-state index contributed by atoms with van der Waals surface area (Å²) >= 11 is 3.53. The Balaban J connectivity index is 2.10. The third-order valence-corrected chi connectivity index (χ3v) is 3.80. The third kappa shape index (κ3) is 3.87. The maximum atomic E-state index is 5.26. The minimum absolute atomic E-state index is 0.494. The molecule has 1 N–H and O–H groups in total. The Morgan fingerprint density at radius 3 is 2.75 bits per heavy atom. The highest BCUT2D eigenvalue weighted by molar-refractivity contribution is 9.10. The van der Waals surface area contributed by atoms with Crippen molar-refractivity contribution in [3.8, 4) is 5.75 Å². The molecule has 0 aliphatic carbocycles. The van der Waals surface area contributed by atoms with Crippen LogP contribution in [0.25, 0.3) is 0 Å². The van der Waals surface area contributed by atoms with E-state index in [0.29, 0.717) is 6.04 Å². The smallest absolute Gasteiger partial charge is 0.133 e. The Morgan fingerprint density at radius 1 is 1.30 bits per heavy atom. The summed E-state index contributed by atoms with van der Waals surface area (Å²) in [4.78, 5) is 0. The molecule has 0 spiro atoms. The molecule has 1 heterocycles. The predicted molar refractivity (Wildman–Crippen MR) is 86.2 cm³/mol. The number of hydrogen-bond acceptors (Lipinski definition) is 2. The highest BCUT2D eigenvalue weighted by Crippen LogP contribution is 2.26. The minimum Gasteiger partial charge on any atom is -0.496 e. The van der Waals surface area contributed by atoms with E-state index in [1.54, 1.807) is 7.11 Å². The van der Waals surface area contributed by atoms with Crippen LogP contribution in [0.3, 0.4) is 0 Å². The van der Waals surface area contributed by atoms with Gasteiger partial charge in [0.05, 0.1) is 11.6 Å². The van der Waals surface area contributed by atoms with E-state index < -0.39 is 0 Å². The molecule has 20 heavy (non-hydrogen) atoms. The van der Waals surface area contributed by atoms with E-state index in [9.17, 15) is 0 Å². The van der Waals surface area contributed by atoms with E-state index in [0.717, 1.165) is 23.3 Å². The van der Waals surface area contributed by atoms with Crippen molar-refractivity contribution in [3.05, 3.63) is 52.3 Å². The molecule has 4 heteroatoms. The molecule has 0 unspecified atom stereocenters. The van der Waals surface area contributed by atoms with Gasteiger partial charge in [-0.15, -0.1) is 0 Å². The van der Waals surface area contributed by atoms with Gasteiger partial charge in [0.15, 0.2) is 0 Å². The first kappa shape index (κ1) is 15.1. The summed E-state index contributed by atoms with van der Waals surface area (Å²) < 4.78 is 8.52. The lowest BCUT2D eigenvalue weighted by atomic mass is 10.2. The Morgan fingerprint density at radius 2 is 2.10 bits per heavy atom. The molecular weight excluding hydrogens is 316 g/mol. The molecule has 0 fully saturated rings. The van der Waals surface area contributed by atoms with Gasteiger partial charge < -0.3 is 14.6 Å². The van der Waals surface area contributed by atoms with Crippen molar-refractivity contribution in [2.75, 3.05) is 7.11 Å². The zero-order valence-corrected chi connectivity index (χ0v) is 13.8. The lowest BCUT2D eigenvalue weighted by Crippen LogP contribution is -2.23. The summed E-state index contributed by atoms with van der Waals surface area (Å²) in [5, 5.41) is 3.45. The second-order valence-electron chi connectivity index (χ2n) is 5.13. The van der Waals surface area contributed by atoms with E-state index in [2.05, 4.69) is 70.1 Å². The van der Waals surface area contributed by atoms with Gasteiger partial charge in [0.2, 0.25) is 0 Å². The number of hydrogen-bond donors (Lipinski definition) is 1. The van der Waals surface area contributed by atoms with E-state index in [4.69, 9.17) is 4.74 Å². The fourth-order valence-electron chi connectivity index (χ4n) is 2.08. The Kier molecular flexibility index (Phi) is 5.26. The molecule has 0 atom stereocenters. The fourth-order valence-corrected chi connectivity index (χ4v) is 2.67. The van der Waals surface area contributed by atoms with E-state index in [-0.39, 0.29) is 0 Å². The van der Waals surface area contributed by atoms with E-state index >= 15 is 0 Å². The van der Waals surface area contributed by atoms with Crippen LogP contribution in [0.1, 0.15) is 25.1 Å². The van der Waals surface area contributed by atoms with Crippen molar-refractivity contribution < 1.29 is 4.74 Å². The molecule has 108 valence electrons. The lowest BCUT2D eigenvalue weighted by molar-refractivity contribution is 0.412. The molecule has 0 aliphatic rings. The van der Waals surface area contributed by atoms with Gasteiger partial charge in [-0.3, -0.25) is 0 Å². The average Bonchev–Trinajstić information content (AvgIpc) is 2.84. The SMILES string of the molecule is COc1ccc(Cn2cccc2CNC(C)C)cc1Br. The molecule has 0 aliphatic heterocycles. The molecule has 2 aromatic rings. The zero-order valence-electron chi connectivity index (χ0n) is 12.2. The predicted octanol–water partition coefficient (Wildman–Crippen LogP) is 3.81. The van der Waals surface area contributed by atoms with Crippen LogP contribution in [0.5, 0.6) is 5.75 Å². The van der Waals surface area contributed by atoms with Crippen molar-refractivity contribution in [2.45, 2.75) is 33.0 Å². The number of methoxy groups -OCH3 is 1. The quantitative estimate of drug-likeness (QED) is 0.868. The van der Waals surface area contributed by atoms with Crippen LogP contribution < -0.4 is 10.1 Å². The van der Waals surface area contributed by atoms with Crippen LogP contribution in [0.4, 0.5) is 0 Å². The van der Waals surface area contributed by atoms with Crippen molar-refractivity contribution >= 4 is 15.9 Å². The molecule has 3 nitrogen and oxygen atoms in total. The largest absolute Gasteiger partial charge is 0.496 e. The Bertz CT molecular complexity index is 563. The molecule has 0 radical (unpaired) electrons. The third-order valence-electron chi connectivity index (χ3n) is 3.18. The second-order valence-corrected chi connectivity index (χ2v) is 5.99. The molecule has 0 saturated heterocycles. The molecule has 0 saturated carbocycles. The van der Waals surface area contributed by atoms with Gasteiger partial charge >= 0.3 is 0 Å². The molecular formula is C16H21BrN2O. The van der Waals surface area contributed by atoms with Crippen LogP contribution in [0, 0.1) is 0 Å². The molecule has 1 aromatic heterocycles. The first-order valence-corrected chi connectivity index (χ1v) is 7.59. The highest BCUT2D eigenvalue weighted by Gasteiger charge is 2.05. The summed E-state index contributed by atoms with van der Waals surface area (Å²) in [5.74, 6) is 0.864. The fraction of sp³-hybridized carbons (Fsp3) is 0.375. The molecule has 0 bridgehead atoms. The van der Waals surface area contributed by atoms with Gasteiger partial charge in [-0.05, 0) is 45.8 Å². The maximum Gasteiger partial charge on any atom is 0.133 e. The van der Waals surface area contributed by atoms with E-state index in [1.165, 1.54) is 11.3 Å².